The Kier molecular flexibility index (Phi) is 10.7. The van der Waals surface area contributed by atoms with Crippen LogP contribution in [0.5, 0.6) is 5.75 Å². The number of hydrogen-bond donors (Lipinski definition) is 2. The van der Waals surface area contributed by atoms with Crippen LogP contribution in [-0.2, 0) is 30.8 Å². The molecule has 1 unspecified atom stereocenters. The number of nitrogens with one attached hydrogen (secondary N) is 1. The molecule has 5 aromatic rings. The van der Waals surface area contributed by atoms with Gasteiger partial charge in [-0.05, 0) is 65.1 Å². The molecule has 218 valence electrons. The molecule has 43 heavy (non-hydrogen) atoms. The molecule has 0 spiro atoms. The Balaban J connectivity index is 1.21. The minimum absolute atomic E-state index is 0.0975. The van der Waals surface area contributed by atoms with Gasteiger partial charge in [0.05, 0.1) is 12.5 Å². The molecule has 5 rings (SSSR count). The van der Waals surface area contributed by atoms with Crippen LogP contribution < -0.4 is 10.1 Å². The van der Waals surface area contributed by atoms with E-state index in [0.29, 0.717) is 19.7 Å². The lowest BCUT2D eigenvalue weighted by Gasteiger charge is -2.26. The van der Waals surface area contributed by atoms with Gasteiger partial charge in [-0.3, -0.25) is 14.7 Å². The quantitative estimate of drug-likeness (QED) is 0.157. The fraction of sp³-hybridized carbons (Fsp3) is 0.189. The van der Waals surface area contributed by atoms with Crippen LogP contribution >= 0.6 is 0 Å². The molecule has 0 saturated heterocycles. The van der Waals surface area contributed by atoms with Crippen molar-refractivity contribution in [2.75, 3.05) is 18.4 Å². The summed E-state index contributed by atoms with van der Waals surface area (Å²) in [6.07, 6.45) is 2.05. The molecule has 0 radical (unpaired) electrons. The number of carbonyl (C=O) groups is 1. The fourth-order valence-corrected chi connectivity index (χ4v) is 4.94. The third-order valence-electron chi connectivity index (χ3n) is 7.17. The summed E-state index contributed by atoms with van der Waals surface area (Å²) in [6.45, 7) is 2.38. The first-order chi connectivity index (χ1) is 21.1. The number of pyridine rings is 1. The van der Waals surface area contributed by atoms with E-state index >= 15 is 0 Å². The SMILES string of the molecule is O=C(Cc1cc(CCN(Cc2ccccc2)CC(O)c2cccc(OCc3ccccc3)c2)ccn1)Nc1ccccc1. The van der Waals surface area contributed by atoms with Crippen LogP contribution in [0, 0.1) is 0 Å². The number of anilines is 1. The standard InChI is InChI=1S/C37H37N3O3/c41-36(32-15-10-18-35(24-32)43-28-31-13-6-2-7-14-31)27-40(26-30-11-4-1-5-12-30)22-20-29-19-21-38-34(23-29)25-37(42)39-33-16-8-3-9-17-33/h1-19,21,23-24,36,41H,20,22,25-28H2,(H,39,42). The summed E-state index contributed by atoms with van der Waals surface area (Å²) in [7, 11) is 0. The van der Waals surface area contributed by atoms with Gasteiger partial charge in [0.15, 0.2) is 0 Å². The van der Waals surface area contributed by atoms with Crippen LogP contribution in [-0.4, -0.2) is 34.0 Å². The summed E-state index contributed by atoms with van der Waals surface area (Å²) in [6, 6.07) is 41.5. The van der Waals surface area contributed by atoms with Crippen LogP contribution in [0.2, 0.25) is 0 Å². The van der Waals surface area contributed by atoms with E-state index in [4.69, 9.17) is 4.74 Å². The first-order valence-corrected chi connectivity index (χ1v) is 14.6. The lowest BCUT2D eigenvalue weighted by Crippen LogP contribution is -2.30. The Labute approximate surface area is 253 Å². The summed E-state index contributed by atoms with van der Waals surface area (Å²) < 4.78 is 6.00. The fourth-order valence-electron chi connectivity index (χ4n) is 4.94. The van der Waals surface area contributed by atoms with Crippen molar-refractivity contribution < 1.29 is 14.6 Å². The average Bonchev–Trinajstić information content (AvgIpc) is 3.04. The van der Waals surface area contributed by atoms with E-state index < -0.39 is 6.10 Å². The molecule has 1 amide bonds. The number of rotatable bonds is 14. The van der Waals surface area contributed by atoms with Gasteiger partial charge in [-0.1, -0.05) is 91.0 Å². The largest absolute Gasteiger partial charge is 0.489 e. The highest BCUT2D eigenvalue weighted by atomic mass is 16.5. The monoisotopic (exact) mass is 571 g/mol. The van der Waals surface area contributed by atoms with Gasteiger partial charge < -0.3 is 15.2 Å². The van der Waals surface area contributed by atoms with Crippen LogP contribution in [0.1, 0.15) is 34.1 Å². The smallest absolute Gasteiger partial charge is 0.230 e. The van der Waals surface area contributed by atoms with E-state index in [1.54, 1.807) is 6.20 Å². The first kappa shape index (κ1) is 29.7. The van der Waals surface area contributed by atoms with Crippen LogP contribution in [0.3, 0.4) is 0 Å². The number of nitrogens with zero attached hydrogens (tertiary/aromatic N) is 2. The third-order valence-corrected chi connectivity index (χ3v) is 7.17. The number of ether oxygens (including phenoxy) is 1. The number of amides is 1. The normalized spacial score (nSPS) is 11.7. The maximum absolute atomic E-state index is 12.6. The zero-order chi connectivity index (χ0) is 29.7. The van der Waals surface area contributed by atoms with E-state index in [-0.39, 0.29) is 12.3 Å². The van der Waals surface area contributed by atoms with E-state index in [1.165, 1.54) is 5.56 Å². The van der Waals surface area contributed by atoms with Crippen LogP contribution in [0.25, 0.3) is 0 Å². The van der Waals surface area contributed by atoms with Crippen molar-refractivity contribution in [2.24, 2.45) is 0 Å². The highest BCUT2D eigenvalue weighted by Crippen LogP contribution is 2.22. The summed E-state index contributed by atoms with van der Waals surface area (Å²) in [5.41, 5.74) is 5.70. The van der Waals surface area contributed by atoms with Crippen molar-refractivity contribution in [1.82, 2.24) is 9.88 Å². The minimum Gasteiger partial charge on any atom is -0.489 e. The number of carbonyl (C=O) groups excluding carboxylic acids is 1. The first-order valence-electron chi connectivity index (χ1n) is 14.6. The van der Waals surface area contributed by atoms with Crippen molar-refractivity contribution >= 4 is 11.6 Å². The van der Waals surface area contributed by atoms with Crippen molar-refractivity contribution in [3.8, 4) is 5.75 Å². The predicted molar refractivity (Wildman–Crippen MR) is 171 cm³/mol. The Morgan fingerprint density at radius 2 is 1.49 bits per heavy atom. The van der Waals surface area contributed by atoms with Gasteiger partial charge in [-0.25, -0.2) is 0 Å². The molecule has 0 aliphatic heterocycles. The minimum atomic E-state index is -0.682. The maximum atomic E-state index is 12.6. The number of hydrogen-bond acceptors (Lipinski definition) is 5. The number of benzene rings is 4. The third kappa shape index (κ3) is 9.64. The van der Waals surface area contributed by atoms with Gasteiger partial charge in [-0.2, -0.15) is 0 Å². The highest BCUT2D eigenvalue weighted by molar-refractivity contribution is 5.91. The van der Waals surface area contributed by atoms with E-state index in [9.17, 15) is 9.90 Å². The molecule has 0 aliphatic carbocycles. The molecule has 1 aromatic heterocycles. The van der Waals surface area contributed by atoms with Gasteiger partial charge in [-0.15, -0.1) is 0 Å². The van der Waals surface area contributed by atoms with E-state index in [2.05, 4.69) is 27.3 Å². The van der Waals surface area contributed by atoms with Gasteiger partial charge >= 0.3 is 0 Å². The van der Waals surface area contributed by atoms with E-state index in [0.717, 1.165) is 46.8 Å². The van der Waals surface area contributed by atoms with Crippen molar-refractivity contribution in [3.63, 3.8) is 0 Å². The molecule has 6 nitrogen and oxygen atoms in total. The second-order valence-corrected chi connectivity index (χ2v) is 10.6. The zero-order valence-electron chi connectivity index (χ0n) is 24.2. The molecular weight excluding hydrogens is 534 g/mol. The Morgan fingerprint density at radius 3 is 2.23 bits per heavy atom. The molecule has 4 aromatic carbocycles. The van der Waals surface area contributed by atoms with Crippen LogP contribution in [0.4, 0.5) is 5.69 Å². The Hall–Kier alpha value is -4.78. The second kappa shape index (κ2) is 15.4. The number of aliphatic hydroxyl groups is 1. The molecular formula is C37H37N3O3. The van der Waals surface area contributed by atoms with Crippen molar-refractivity contribution in [2.45, 2.75) is 32.1 Å². The summed E-state index contributed by atoms with van der Waals surface area (Å²) in [5, 5.41) is 14.2. The molecule has 0 bridgehead atoms. The Bertz CT molecular complexity index is 1560. The Morgan fingerprint density at radius 1 is 0.791 bits per heavy atom. The van der Waals surface area contributed by atoms with E-state index in [1.807, 2.05) is 115 Å². The van der Waals surface area contributed by atoms with Crippen LogP contribution in [0.15, 0.2) is 134 Å². The van der Waals surface area contributed by atoms with Gasteiger partial charge in [0.2, 0.25) is 5.91 Å². The molecule has 1 heterocycles. The summed E-state index contributed by atoms with van der Waals surface area (Å²) in [5.74, 6) is 0.635. The van der Waals surface area contributed by atoms with Crippen molar-refractivity contribution in [3.05, 3.63) is 162 Å². The van der Waals surface area contributed by atoms with Gasteiger partial charge in [0, 0.05) is 37.2 Å². The molecule has 2 N–H and O–H groups in total. The average molecular weight is 572 g/mol. The molecule has 0 saturated carbocycles. The van der Waals surface area contributed by atoms with Gasteiger partial charge in [0.25, 0.3) is 0 Å². The molecule has 0 fully saturated rings. The number of para-hydroxylation sites is 1. The lowest BCUT2D eigenvalue weighted by atomic mass is 10.1. The predicted octanol–water partition coefficient (Wildman–Crippen LogP) is 6.62. The molecule has 1 atom stereocenters. The van der Waals surface area contributed by atoms with Crippen molar-refractivity contribution in [1.29, 1.82) is 0 Å². The highest BCUT2D eigenvalue weighted by Gasteiger charge is 2.16. The lowest BCUT2D eigenvalue weighted by molar-refractivity contribution is -0.115. The zero-order valence-corrected chi connectivity index (χ0v) is 24.2. The number of aliphatic hydroxyl groups excluding tert-OH is 1. The molecule has 6 heteroatoms. The molecule has 0 aliphatic rings. The number of aromatic nitrogens is 1. The van der Waals surface area contributed by atoms with Gasteiger partial charge in [0.1, 0.15) is 12.4 Å². The maximum Gasteiger partial charge on any atom is 0.230 e. The summed E-state index contributed by atoms with van der Waals surface area (Å²) in [4.78, 5) is 19.2. The topological polar surface area (TPSA) is 74.7 Å². The second-order valence-electron chi connectivity index (χ2n) is 10.6. The summed E-state index contributed by atoms with van der Waals surface area (Å²) >= 11 is 0.